The first kappa shape index (κ1) is 41.3. The standard InChI is InChI=1S/C32H56O13/c1-30(2)44-28-26-42-24-22-40-20-18-38-16-14-36-12-10-34-8-9-35-11-13-37-15-17-39-19-21-41-23-25-43-27-29-45-32(33)31-6-4-3-5-7-31/h3-7,30H,8-29H2,1-2H3. The lowest BCUT2D eigenvalue weighted by molar-refractivity contribution is -0.0290. The van der Waals surface area contributed by atoms with Crippen LogP contribution in [0.1, 0.15) is 24.2 Å². The number of carbonyl (C=O) groups excluding carboxylic acids is 1. The molecule has 0 radical (unpaired) electrons. The smallest absolute Gasteiger partial charge is 0.338 e. The van der Waals surface area contributed by atoms with E-state index < -0.39 is 0 Å². The first-order valence-corrected chi connectivity index (χ1v) is 15.8. The van der Waals surface area contributed by atoms with Crippen LogP contribution in [0.3, 0.4) is 0 Å². The van der Waals surface area contributed by atoms with Gasteiger partial charge in [-0.25, -0.2) is 4.79 Å². The van der Waals surface area contributed by atoms with E-state index in [1.54, 1.807) is 24.3 Å². The van der Waals surface area contributed by atoms with Crippen molar-refractivity contribution < 1.29 is 61.6 Å². The highest BCUT2D eigenvalue weighted by Crippen LogP contribution is 2.00. The van der Waals surface area contributed by atoms with Crippen molar-refractivity contribution in [3.05, 3.63) is 35.9 Å². The van der Waals surface area contributed by atoms with Crippen molar-refractivity contribution in [2.75, 3.05) is 145 Å². The van der Waals surface area contributed by atoms with E-state index >= 15 is 0 Å². The zero-order chi connectivity index (χ0) is 32.3. The Hall–Kier alpha value is -1.75. The Morgan fingerprint density at radius 3 is 0.978 bits per heavy atom. The van der Waals surface area contributed by atoms with Crippen molar-refractivity contribution in [2.45, 2.75) is 20.0 Å². The molecule has 13 heteroatoms. The van der Waals surface area contributed by atoms with Gasteiger partial charge in [0, 0.05) is 0 Å². The van der Waals surface area contributed by atoms with Crippen molar-refractivity contribution in [2.24, 2.45) is 0 Å². The Balaban J connectivity index is 1.64. The van der Waals surface area contributed by atoms with Gasteiger partial charge in [0.1, 0.15) is 6.61 Å². The third-order valence-corrected chi connectivity index (χ3v) is 5.50. The van der Waals surface area contributed by atoms with Gasteiger partial charge in [-0.15, -0.1) is 0 Å². The van der Waals surface area contributed by atoms with E-state index in [4.69, 9.17) is 56.8 Å². The summed E-state index contributed by atoms with van der Waals surface area (Å²) in [7, 11) is 0. The van der Waals surface area contributed by atoms with Gasteiger partial charge in [-0.2, -0.15) is 0 Å². The summed E-state index contributed by atoms with van der Waals surface area (Å²) in [6.07, 6.45) is 0.228. The molecule has 0 aliphatic carbocycles. The third kappa shape index (κ3) is 30.7. The van der Waals surface area contributed by atoms with Crippen LogP contribution >= 0.6 is 0 Å². The zero-order valence-corrected chi connectivity index (χ0v) is 27.3. The molecule has 1 rings (SSSR count). The van der Waals surface area contributed by atoms with Gasteiger partial charge in [0.15, 0.2) is 0 Å². The van der Waals surface area contributed by atoms with E-state index in [0.29, 0.717) is 144 Å². The van der Waals surface area contributed by atoms with E-state index in [-0.39, 0.29) is 18.7 Å². The monoisotopic (exact) mass is 648 g/mol. The number of esters is 1. The second-order valence-corrected chi connectivity index (χ2v) is 9.55. The van der Waals surface area contributed by atoms with Gasteiger partial charge in [-0.05, 0) is 26.0 Å². The van der Waals surface area contributed by atoms with Crippen molar-refractivity contribution in [1.29, 1.82) is 0 Å². The Kier molecular flexibility index (Phi) is 30.8. The highest BCUT2D eigenvalue weighted by atomic mass is 16.6. The average molecular weight is 649 g/mol. The summed E-state index contributed by atoms with van der Waals surface area (Å²) in [5.41, 5.74) is 0.526. The summed E-state index contributed by atoms with van der Waals surface area (Å²) in [5, 5.41) is 0. The lowest BCUT2D eigenvalue weighted by Gasteiger charge is -2.09. The highest BCUT2D eigenvalue weighted by Gasteiger charge is 2.05. The molecule has 0 aromatic heterocycles. The molecule has 262 valence electrons. The molecule has 0 bridgehead atoms. The summed E-state index contributed by atoms with van der Waals surface area (Å²) in [5.74, 6) is -0.356. The largest absolute Gasteiger partial charge is 0.460 e. The van der Waals surface area contributed by atoms with E-state index in [0.717, 1.165) is 0 Å². The summed E-state index contributed by atoms with van der Waals surface area (Å²) in [6, 6.07) is 8.85. The van der Waals surface area contributed by atoms with Gasteiger partial charge in [0.05, 0.1) is 150 Å². The quantitative estimate of drug-likeness (QED) is 0.0791. The van der Waals surface area contributed by atoms with Crippen molar-refractivity contribution >= 4 is 5.97 Å². The van der Waals surface area contributed by atoms with Crippen LogP contribution in [0.5, 0.6) is 0 Å². The normalized spacial score (nSPS) is 11.4. The molecule has 0 atom stereocenters. The van der Waals surface area contributed by atoms with Gasteiger partial charge in [-0.1, -0.05) is 18.2 Å². The maximum Gasteiger partial charge on any atom is 0.338 e. The van der Waals surface area contributed by atoms with Crippen LogP contribution in [0.4, 0.5) is 0 Å². The summed E-state index contributed by atoms with van der Waals surface area (Å²) in [6.45, 7) is 14.7. The van der Waals surface area contributed by atoms with Gasteiger partial charge < -0.3 is 56.8 Å². The van der Waals surface area contributed by atoms with E-state index in [9.17, 15) is 4.79 Å². The van der Waals surface area contributed by atoms with Gasteiger partial charge in [0.25, 0.3) is 0 Å². The number of carbonyl (C=O) groups is 1. The van der Waals surface area contributed by atoms with E-state index in [1.807, 2.05) is 19.9 Å². The fraction of sp³-hybridized carbons (Fsp3) is 0.781. The van der Waals surface area contributed by atoms with Crippen molar-refractivity contribution in [3.63, 3.8) is 0 Å². The Morgan fingerprint density at radius 2 is 0.689 bits per heavy atom. The van der Waals surface area contributed by atoms with Gasteiger partial charge in [-0.3, -0.25) is 0 Å². The van der Waals surface area contributed by atoms with Gasteiger partial charge in [0.2, 0.25) is 0 Å². The number of hydrogen-bond donors (Lipinski definition) is 0. The molecule has 0 aliphatic heterocycles. The Morgan fingerprint density at radius 1 is 0.422 bits per heavy atom. The first-order chi connectivity index (χ1) is 22.2. The maximum atomic E-state index is 11.8. The maximum absolute atomic E-state index is 11.8. The number of benzene rings is 1. The minimum Gasteiger partial charge on any atom is -0.460 e. The number of hydrogen-bond acceptors (Lipinski definition) is 13. The fourth-order valence-electron chi connectivity index (χ4n) is 3.27. The number of ether oxygens (including phenoxy) is 12. The molecule has 1 aromatic carbocycles. The third-order valence-electron chi connectivity index (χ3n) is 5.50. The second kappa shape index (κ2) is 33.6. The summed E-state index contributed by atoms with van der Waals surface area (Å²) < 4.78 is 65.0. The van der Waals surface area contributed by atoms with E-state index in [1.165, 1.54) is 0 Å². The van der Waals surface area contributed by atoms with Crippen molar-refractivity contribution in [3.8, 4) is 0 Å². The lowest BCUT2D eigenvalue weighted by Crippen LogP contribution is -2.16. The molecule has 0 spiro atoms. The lowest BCUT2D eigenvalue weighted by atomic mass is 10.2. The molecule has 0 fully saturated rings. The van der Waals surface area contributed by atoms with Crippen LogP contribution in [0.2, 0.25) is 0 Å². The first-order valence-electron chi connectivity index (χ1n) is 15.8. The average Bonchev–Trinajstić information content (AvgIpc) is 3.05. The SMILES string of the molecule is CC(C)OCCOCCOCCOCCOCCOCCOCCOCCOCCOCCOCCOC(=O)c1ccccc1. The van der Waals surface area contributed by atoms with Gasteiger partial charge >= 0.3 is 5.97 Å². The molecule has 0 heterocycles. The predicted octanol–water partition coefficient (Wildman–Crippen LogP) is 2.43. The molecule has 0 saturated heterocycles. The topological polar surface area (TPSA) is 128 Å². The Bertz CT molecular complexity index is 739. The van der Waals surface area contributed by atoms with Crippen molar-refractivity contribution in [1.82, 2.24) is 0 Å². The molecule has 13 nitrogen and oxygen atoms in total. The minimum atomic E-state index is -0.356. The Labute approximate surface area is 268 Å². The molecule has 0 amide bonds. The van der Waals surface area contributed by atoms with Crippen LogP contribution in [0.25, 0.3) is 0 Å². The highest BCUT2D eigenvalue weighted by molar-refractivity contribution is 5.89. The van der Waals surface area contributed by atoms with Crippen LogP contribution in [0, 0.1) is 0 Å². The molecule has 0 saturated carbocycles. The van der Waals surface area contributed by atoms with Crippen LogP contribution < -0.4 is 0 Å². The minimum absolute atomic E-state index is 0.202. The molecule has 1 aromatic rings. The fourth-order valence-corrected chi connectivity index (χ4v) is 3.27. The number of rotatable bonds is 35. The van der Waals surface area contributed by atoms with E-state index in [2.05, 4.69) is 0 Å². The second-order valence-electron chi connectivity index (χ2n) is 9.55. The molecule has 45 heavy (non-hydrogen) atoms. The molecule has 0 unspecified atom stereocenters. The van der Waals surface area contributed by atoms with Crippen LogP contribution in [0.15, 0.2) is 30.3 Å². The summed E-state index contributed by atoms with van der Waals surface area (Å²) in [4.78, 5) is 11.8. The van der Waals surface area contributed by atoms with Crippen LogP contribution in [-0.4, -0.2) is 157 Å². The molecular weight excluding hydrogens is 592 g/mol. The summed E-state index contributed by atoms with van der Waals surface area (Å²) >= 11 is 0. The molecule has 0 N–H and O–H groups in total. The zero-order valence-electron chi connectivity index (χ0n) is 27.3. The molecular formula is C32H56O13. The molecule has 0 aliphatic rings. The predicted molar refractivity (Wildman–Crippen MR) is 166 cm³/mol. The van der Waals surface area contributed by atoms with Crippen LogP contribution in [-0.2, 0) is 56.8 Å².